The van der Waals surface area contributed by atoms with Crippen molar-refractivity contribution in [2.45, 2.75) is 6.42 Å². The molecule has 1 aromatic carbocycles. The normalized spacial score (nSPS) is 11.9. The molecule has 5 nitrogen and oxygen atoms in total. The highest BCUT2D eigenvalue weighted by Crippen LogP contribution is 2.26. The van der Waals surface area contributed by atoms with Gasteiger partial charge in [-0.3, -0.25) is 0 Å². The summed E-state index contributed by atoms with van der Waals surface area (Å²) in [5.41, 5.74) is 7.12. The van der Waals surface area contributed by atoms with Gasteiger partial charge >= 0.3 is 0 Å². The van der Waals surface area contributed by atoms with Crippen LogP contribution in [-0.2, 0) is 0 Å². The Balaban J connectivity index is 2.90. The third-order valence-electron chi connectivity index (χ3n) is 2.87. The van der Waals surface area contributed by atoms with Gasteiger partial charge < -0.3 is 20.7 Å². The van der Waals surface area contributed by atoms with Crippen molar-refractivity contribution in [3.8, 4) is 0 Å². The SMILES string of the molecule is CN(C)CCCN(C)c1cccc(Cl)c1C(N)=NO. The molecule has 0 saturated carbocycles. The first kappa shape index (κ1) is 15.6. The van der Waals surface area contributed by atoms with Crippen molar-refractivity contribution >= 4 is 23.1 Å². The van der Waals surface area contributed by atoms with Crippen molar-refractivity contribution in [3.05, 3.63) is 28.8 Å². The summed E-state index contributed by atoms with van der Waals surface area (Å²) in [4.78, 5) is 4.19. The molecule has 0 amide bonds. The molecule has 0 heterocycles. The summed E-state index contributed by atoms with van der Waals surface area (Å²) in [6.07, 6.45) is 1.02. The van der Waals surface area contributed by atoms with Gasteiger partial charge in [-0.2, -0.15) is 0 Å². The summed E-state index contributed by atoms with van der Waals surface area (Å²) in [5, 5.41) is 12.4. The van der Waals surface area contributed by atoms with Crippen LogP contribution in [0.2, 0.25) is 5.02 Å². The van der Waals surface area contributed by atoms with Crippen LogP contribution in [0.1, 0.15) is 12.0 Å². The number of halogens is 1. The predicted molar refractivity (Wildman–Crippen MR) is 80.4 cm³/mol. The minimum absolute atomic E-state index is 0.0278. The number of hydrogen-bond donors (Lipinski definition) is 2. The molecule has 0 atom stereocenters. The molecule has 0 aliphatic carbocycles. The van der Waals surface area contributed by atoms with Crippen LogP contribution in [0.4, 0.5) is 5.69 Å². The monoisotopic (exact) mass is 284 g/mol. The van der Waals surface area contributed by atoms with E-state index in [1.807, 2.05) is 33.3 Å². The Kier molecular flexibility index (Phi) is 5.92. The maximum absolute atomic E-state index is 8.85. The molecule has 6 heteroatoms. The zero-order chi connectivity index (χ0) is 14.4. The van der Waals surface area contributed by atoms with E-state index in [4.69, 9.17) is 22.5 Å². The maximum atomic E-state index is 8.85. The Hall–Kier alpha value is -1.46. The first-order valence-electron chi connectivity index (χ1n) is 6.09. The molecule has 1 rings (SSSR count). The van der Waals surface area contributed by atoms with Crippen molar-refractivity contribution < 1.29 is 5.21 Å². The molecule has 0 aromatic heterocycles. The second-order valence-corrected chi connectivity index (χ2v) is 5.10. The zero-order valence-electron chi connectivity index (χ0n) is 11.6. The summed E-state index contributed by atoms with van der Waals surface area (Å²) >= 11 is 6.12. The van der Waals surface area contributed by atoms with E-state index in [0.29, 0.717) is 10.6 Å². The second-order valence-electron chi connectivity index (χ2n) is 4.70. The number of benzene rings is 1. The van der Waals surface area contributed by atoms with Crippen LogP contribution < -0.4 is 10.6 Å². The highest BCUT2D eigenvalue weighted by atomic mass is 35.5. The van der Waals surface area contributed by atoms with Gasteiger partial charge in [-0.15, -0.1) is 0 Å². The Morgan fingerprint density at radius 2 is 2.00 bits per heavy atom. The van der Waals surface area contributed by atoms with Crippen LogP contribution in [0.5, 0.6) is 0 Å². The molecule has 1 aromatic rings. The number of nitrogens with two attached hydrogens (primary N) is 1. The predicted octanol–water partition coefficient (Wildman–Crippen LogP) is 1.82. The Labute approximate surface area is 119 Å². The van der Waals surface area contributed by atoms with E-state index in [0.717, 1.165) is 25.2 Å². The van der Waals surface area contributed by atoms with E-state index in [1.165, 1.54) is 0 Å². The summed E-state index contributed by atoms with van der Waals surface area (Å²) in [6.45, 7) is 1.87. The molecule has 0 bridgehead atoms. The van der Waals surface area contributed by atoms with E-state index in [-0.39, 0.29) is 5.84 Å². The number of oxime groups is 1. The first-order valence-corrected chi connectivity index (χ1v) is 6.47. The molecule has 0 fully saturated rings. The lowest BCUT2D eigenvalue weighted by atomic mass is 10.1. The summed E-state index contributed by atoms with van der Waals surface area (Å²) in [6, 6.07) is 5.50. The van der Waals surface area contributed by atoms with Crippen molar-refractivity contribution in [2.24, 2.45) is 10.9 Å². The molecule has 0 saturated heterocycles. The first-order chi connectivity index (χ1) is 8.97. The Morgan fingerprint density at radius 1 is 1.32 bits per heavy atom. The topological polar surface area (TPSA) is 65.1 Å². The minimum Gasteiger partial charge on any atom is -0.409 e. The molecule has 0 aliphatic rings. The lowest BCUT2D eigenvalue weighted by molar-refractivity contribution is 0.318. The third-order valence-corrected chi connectivity index (χ3v) is 3.18. The smallest absolute Gasteiger partial charge is 0.173 e. The van der Waals surface area contributed by atoms with Crippen molar-refractivity contribution in [3.63, 3.8) is 0 Å². The average molecular weight is 285 g/mol. The second kappa shape index (κ2) is 7.21. The Morgan fingerprint density at radius 3 is 2.58 bits per heavy atom. The fraction of sp³-hybridized carbons (Fsp3) is 0.462. The largest absolute Gasteiger partial charge is 0.409 e. The van der Waals surface area contributed by atoms with Gasteiger partial charge in [0.25, 0.3) is 0 Å². The molecule has 19 heavy (non-hydrogen) atoms. The van der Waals surface area contributed by atoms with Crippen LogP contribution in [0.15, 0.2) is 23.4 Å². The van der Waals surface area contributed by atoms with Crippen LogP contribution in [0.25, 0.3) is 0 Å². The van der Waals surface area contributed by atoms with E-state index in [1.54, 1.807) is 6.07 Å². The summed E-state index contributed by atoms with van der Waals surface area (Å²) in [5.74, 6) is 0.0278. The number of rotatable bonds is 6. The van der Waals surface area contributed by atoms with Crippen molar-refractivity contribution in [1.29, 1.82) is 0 Å². The maximum Gasteiger partial charge on any atom is 0.173 e. The third kappa shape index (κ3) is 4.29. The minimum atomic E-state index is 0.0278. The van der Waals surface area contributed by atoms with Crippen LogP contribution in [-0.4, -0.2) is 50.2 Å². The van der Waals surface area contributed by atoms with Crippen LogP contribution >= 0.6 is 11.6 Å². The van der Waals surface area contributed by atoms with Gasteiger partial charge in [-0.25, -0.2) is 0 Å². The van der Waals surface area contributed by atoms with Gasteiger partial charge in [-0.1, -0.05) is 22.8 Å². The van der Waals surface area contributed by atoms with Gasteiger partial charge in [0.05, 0.1) is 10.6 Å². The van der Waals surface area contributed by atoms with Gasteiger partial charge in [-0.05, 0) is 39.2 Å². The molecule has 0 spiro atoms. The fourth-order valence-electron chi connectivity index (χ4n) is 1.88. The lowest BCUT2D eigenvalue weighted by Gasteiger charge is -2.23. The molecular formula is C13H21ClN4O. The molecule has 3 N–H and O–H groups in total. The molecule has 0 radical (unpaired) electrons. The summed E-state index contributed by atoms with van der Waals surface area (Å²) in [7, 11) is 6.05. The number of hydrogen-bond acceptors (Lipinski definition) is 4. The quantitative estimate of drug-likeness (QED) is 0.362. The lowest BCUT2D eigenvalue weighted by Crippen LogP contribution is -2.26. The van der Waals surface area contributed by atoms with Crippen molar-refractivity contribution in [2.75, 3.05) is 39.1 Å². The zero-order valence-corrected chi connectivity index (χ0v) is 12.4. The Bertz CT molecular complexity index is 448. The highest BCUT2D eigenvalue weighted by Gasteiger charge is 2.14. The molecule has 106 valence electrons. The van der Waals surface area contributed by atoms with E-state index >= 15 is 0 Å². The van der Waals surface area contributed by atoms with Crippen molar-refractivity contribution in [1.82, 2.24) is 4.90 Å². The number of nitrogens with zero attached hydrogens (tertiary/aromatic N) is 3. The summed E-state index contributed by atoms with van der Waals surface area (Å²) < 4.78 is 0. The average Bonchev–Trinajstić information content (AvgIpc) is 2.37. The van der Waals surface area contributed by atoms with E-state index in [2.05, 4.69) is 15.0 Å². The molecular weight excluding hydrogens is 264 g/mol. The van der Waals surface area contributed by atoms with Crippen LogP contribution in [0, 0.1) is 0 Å². The standard InChI is InChI=1S/C13H21ClN4O/c1-17(2)8-5-9-18(3)11-7-4-6-10(14)12(11)13(15)16-19/h4,6-7,19H,5,8-9H2,1-3H3,(H2,15,16). The molecule has 0 aliphatic heterocycles. The molecule has 0 unspecified atom stereocenters. The van der Waals surface area contributed by atoms with Gasteiger partial charge in [0.15, 0.2) is 5.84 Å². The van der Waals surface area contributed by atoms with Gasteiger partial charge in [0.2, 0.25) is 0 Å². The number of amidine groups is 1. The number of anilines is 1. The van der Waals surface area contributed by atoms with E-state index in [9.17, 15) is 0 Å². The van der Waals surface area contributed by atoms with Crippen LogP contribution in [0.3, 0.4) is 0 Å². The van der Waals surface area contributed by atoms with Gasteiger partial charge in [0, 0.05) is 19.3 Å². The fourth-order valence-corrected chi connectivity index (χ4v) is 2.15. The highest BCUT2D eigenvalue weighted by molar-refractivity contribution is 6.34. The van der Waals surface area contributed by atoms with Gasteiger partial charge in [0.1, 0.15) is 0 Å². The van der Waals surface area contributed by atoms with E-state index < -0.39 is 0 Å².